The molecule has 3 rings (SSSR count). The molecule has 0 bridgehead atoms. The van der Waals surface area contributed by atoms with Gasteiger partial charge in [-0.2, -0.15) is 0 Å². The van der Waals surface area contributed by atoms with Crippen LogP contribution in [0.15, 0.2) is 0 Å². The van der Waals surface area contributed by atoms with E-state index in [9.17, 15) is 9.59 Å². The zero-order valence-electron chi connectivity index (χ0n) is 16.0. The van der Waals surface area contributed by atoms with E-state index in [1.165, 1.54) is 24.1 Å². The lowest BCUT2D eigenvalue weighted by Gasteiger charge is -2.41. The number of carbonyl (C=O) groups excluding carboxylic acids is 2. The topological polar surface area (TPSA) is 101 Å². The Morgan fingerprint density at radius 3 is 1.43 bits per heavy atom. The van der Waals surface area contributed by atoms with Gasteiger partial charge in [0.1, 0.15) is 12.1 Å². The molecule has 8 nitrogen and oxygen atoms in total. The number of halogens is 2. The molecule has 0 aromatic carbocycles. The standard InChI is InChI=1S/C16H28N4O4S2.2ClH/c1-25-23-9-3-5-11(17-7-9)13-15(21)20-14(16(22)19-13)12-6-4-10(8-18-12)24-26-2;;/h9-14,17-18H,3-8H2,1-2H3,(H,19,22)(H,20,21);2*1H. The number of nitrogens with one attached hydrogen (secondary N) is 4. The van der Waals surface area contributed by atoms with Crippen LogP contribution in [0.2, 0.25) is 0 Å². The maximum atomic E-state index is 12.6. The van der Waals surface area contributed by atoms with Crippen LogP contribution in [0.25, 0.3) is 0 Å². The fraction of sp³-hybridized carbons (Fsp3) is 0.875. The second kappa shape index (κ2) is 12.7. The van der Waals surface area contributed by atoms with Gasteiger partial charge < -0.3 is 29.6 Å². The van der Waals surface area contributed by atoms with Gasteiger partial charge in [0.25, 0.3) is 0 Å². The number of rotatable bonds is 6. The number of hydrogen-bond donors (Lipinski definition) is 4. The lowest BCUT2D eigenvalue weighted by Crippen LogP contribution is -2.72. The first-order chi connectivity index (χ1) is 12.6. The van der Waals surface area contributed by atoms with Crippen LogP contribution >= 0.6 is 48.9 Å². The summed E-state index contributed by atoms with van der Waals surface area (Å²) in [5.74, 6) is -0.221. The number of amides is 2. The van der Waals surface area contributed by atoms with Crippen LogP contribution in [-0.4, -0.2) is 73.8 Å². The summed E-state index contributed by atoms with van der Waals surface area (Å²) in [5.41, 5.74) is 0. The Kier molecular flexibility index (Phi) is 11.8. The maximum Gasteiger partial charge on any atom is 0.244 e. The van der Waals surface area contributed by atoms with Crippen molar-refractivity contribution in [2.24, 2.45) is 0 Å². The summed E-state index contributed by atoms with van der Waals surface area (Å²) >= 11 is 2.72. The monoisotopic (exact) mass is 476 g/mol. The Morgan fingerprint density at radius 1 is 0.750 bits per heavy atom. The molecule has 12 heteroatoms. The van der Waals surface area contributed by atoms with Crippen LogP contribution in [0.3, 0.4) is 0 Å². The zero-order valence-corrected chi connectivity index (χ0v) is 19.2. The molecular weight excluding hydrogens is 447 g/mol. The molecule has 0 aromatic heterocycles. The van der Waals surface area contributed by atoms with E-state index in [0.717, 1.165) is 25.7 Å². The third-order valence-electron chi connectivity index (χ3n) is 5.24. The quantitative estimate of drug-likeness (QED) is 0.414. The van der Waals surface area contributed by atoms with Crippen molar-refractivity contribution in [3.63, 3.8) is 0 Å². The molecule has 0 radical (unpaired) electrons. The van der Waals surface area contributed by atoms with Gasteiger partial charge in [0.15, 0.2) is 0 Å². The summed E-state index contributed by atoms with van der Waals surface area (Å²) in [6, 6.07) is -1.16. The molecule has 0 spiro atoms. The number of carbonyl (C=O) groups is 2. The van der Waals surface area contributed by atoms with Gasteiger partial charge in [-0.25, -0.2) is 0 Å². The highest BCUT2D eigenvalue weighted by Crippen LogP contribution is 2.21. The van der Waals surface area contributed by atoms with E-state index >= 15 is 0 Å². The molecule has 164 valence electrons. The fourth-order valence-corrected chi connectivity index (χ4v) is 4.77. The Balaban J connectivity index is 0.00000196. The highest BCUT2D eigenvalue weighted by molar-refractivity contribution is 7.94. The molecule has 3 fully saturated rings. The van der Waals surface area contributed by atoms with E-state index in [1.807, 2.05) is 12.5 Å². The molecule has 2 amide bonds. The van der Waals surface area contributed by atoms with Crippen LogP contribution in [-0.2, 0) is 18.0 Å². The minimum Gasteiger partial charge on any atom is -0.341 e. The molecule has 3 heterocycles. The van der Waals surface area contributed by atoms with Gasteiger partial charge in [-0.05, 0) is 49.8 Å². The van der Waals surface area contributed by atoms with E-state index in [-0.39, 0.29) is 60.9 Å². The van der Waals surface area contributed by atoms with Crippen molar-refractivity contribution in [3.8, 4) is 0 Å². The first-order valence-corrected chi connectivity index (χ1v) is 11.4. The van der Waals surface area contributed by atoms with Crippen LogP contribution in [0.5, 0.6) is 0 Å². The molecule has 6 unspecified atom stereocenters. The minimum absolute atomic E-state index is 0. The van der Waals surface area contributed by atoms with Gasteiger partial charge in [-0.15, -0.1) is 24.8 Å². The number of hydrogen-bond acceptors (Lipinski definition) is 8. The third-order valence-corrected chi connectivity index (χ3v) is 6.17. The van der Waals surface area contributed by atoms with Gasteiger partial charge in [0.2, 0.25) is 11.8 Å². The average Bonchev–Trinajstić information content (AvgIpc) is 2.65. The van der Waals surface area contributed by atoms with Gasteiger partial charge in [0.05, 0.1) is 12.2 Å². The van der Waals surface area contributed by atoms with Gasteiger partial charge in [-0.3, -0.25) is 9.59 Å². The molecule has 0 aliphatic carbocycles. The molecule has 3 aliphatic heterocycles. The fourth-order valence-electron chi connectivity index (χ4n) is 3.89. The Labute approximate surface area is 187 Å². The third kappa shape index (κ3) is 6.53. The van der Waals surface area contributed by atoms with Crippen molar-refractivity contribution < 1.29 is 18.0 Å². The van der Waals surface area contributed by atoms with Gasteiger partial charge >= 0.3 is 0 Å². The van der Waals surface area contributed by atoms with Crippen molar-refractivity contribution in [2.75, 3.05) is 25.6 Å². The van der Waals surface area contributed by atoms with Crippen molar-refractivity contribution in [1.29, 1.82) is 0 Å². The average molecular weight is 477 g/mol. The van der Waals surface area contributed by atoms with E-state index in [0.29, 0.717) is 13.1 Å². The number of piperazine rings is 1. The highest BCUT2D eigenvalue weighted by Gasteiger charge is 2.43. The molecule has 0 saturated carbocycles. The normalized spacial score (nSPS) is 35.8. The summed E-state index contributed by atoms with van der Waals surface area (Å²) in [5, 5.41) is 12.5. The molecule has 28 heavy (non-hydrogen) atoms. The molecule has 6 atom stereocenters. The predicted octanol–water partition coefficient (Wildman–Crippen LogP) is 0.644. The van der Waals surface area contributed by atoms with Crippen molar-refractivity contribution in [1.82, 2.24) is 21.3 Å². The van der Waals surface area contributed by atoms with E-state index in [2.05, 4.69) is 21.3 Å². The van der Waals surface area contributed by atoms with Crippen LogP contribution in [0.1, 0.15) is 25.7 Å². The van der Waals surface area contributed by atoms with E-state index in [1.54, 1.807) is 0 Å². The van der Waals surface area contributed by atoms with Crippen molar-refractivity contribution >= 4 is 60.7 Å². The Bertz CT molecular complexity index is 463. The molecule has 3 saturated heterocycles. The summed E-state index contributed by atoms with van der Waals surface area (Å²) in [7, 11) is 0. The summed E-state index contributed by atoms with van der Waals surface area (Å²) < 4.78 is 11.1. The molecular formula is C16H30Cl2N4O4S2. The van der Waals surface area contributed by atoms with Crippen LogP contribution < -0.4 is 21.3 Å². The smallest absolute Gasteiger partial charge is 0.244 e. The van der Waals surface area contributed by atoms with Crippen LogP contribution in [0, 0.1) is 0 Å². The summed E-state index contributed by atoms with van der Waals surface area (Å²) in [6.07, 6.45) is 7.45. The van der Waals surface area contributed by atoms with Gasteiger partial charge in [0, 0.05) is 37.7 Å². The van der Waals surface area contributed by atoms with Crippen LogP contribution in [0.4, 0.5) is 0 Å². The number of piperidine rings is 2. The second-order valence-corrected chi connectivity index (χ2v) is 7.98. The van der Waals surface area contributed by atoms with E-state index in [4.69, 9.17) is 8.37 Å². The Morgan fingerprint density at radius 2 is 1.14 bits per heavy atom. The van der Waals surface area contributed by atoms with Crippen molar-refractivity contribution in [2.45, 2.75) is 62.1 Å². The summed E-state index contributed by atoms with van der Waals surface area (Å²) in [6.45, 7) is 1.38. The maximum absolute atomic E-state index is 12.6. The van der Waals surface area contributed by atoms with Gasteiger partial charge in [-0.1, -0.05) is 0 Å². The van der Waals surface area contributed by atoms with Crippen molar-refractivity contribution in [3.05, 3.63) is 0 Å². The minimum atomic E-state index is -0.523. The molecule has 0 aromatic rings. The predicted molar refractivity (Wildman–Crippen MR) is 117 cm³/mol. The SMILES string of the molecule is CSOC1CCC(C2NC(=O)C(C3CCC(OSC)CN3)NC2=O)NC1.Cl.Cl. The molecule has 4 N–H and O–H groups in total. The largest absolute Gasteiger partial charge is 0.341 e. The lowest BCUT2D eigenvalue weighted by molar-refractivity contribution is -0.138. The van der Waals surface area contributed by atoms with E-state index < -0.39 is 12.1 Å². The first-order valence-electron chi connectivity index (χ1n) is 9.08. The Hall–Kier alpha value is 0.0600. The zero-order chi connectivity index (χ0) is 18.5. The molecule has 3 aliphatic rings. The lowest BCUT2D eigenvalue weighted by atomic mass is 9.90. The first kappa shape index (κ1) is 26.1. The second-order valence-electron chi connectivity index (χ2n) is 6.93. The summed E-state index contributed by atoms with van der Waals surface area (Å²) in [4.78, 5) is 25.2. The highest BCUT2D eigenvalue weighted by atomic mass is 35.5.